The Labute approximate surface area is 139 Å². The summed E-state index contributed by atoms with van der Waals surface area (Å²) in [6.45, 7) is 0.602. The van der Waals surface area contributed by atoms with Gasteiger partial charge in [-0.2, -0.15) is 0 Å². The van der Waals surface area contributed by atoms with Gasteiger partial charge in [-0.15, -0.1) is 0 Å². The molecule has 2 aromatic carbocycles. The summed E-state index contributed by atoms with van der Waals surface area (Å²) in [5.41, 5.74) is 0.557. The molecule has 0 saturated carbocycles. The summed E-state index contributed by atoms with van der Waals surface area (Å²) in [6, 6.07) is 13.8. The molecule has 5 heteroatoms. The summed E-state index contributed by atoms with van der Waals surface area (Å²) in [7, 11) is 0. The number of amides is 2. The molecule has 0 spiro atoms. The van der Waals surface area contributed by atoms with Crippen LogP contribution in [0.3, 0.4) is 0 Å². The lowest BCUT2D eigenvalue weighted by atomic mass is 9.92. The summed E-state index contributed by atoms with van der Waals surface area (Å²) in [5.74, 6) is -0.358. The summed E-state index contributed by atoms with van der Waals surface area (Å²) in [5, 5.41) is 11.8. The van der Waals surface area contributed by atoms with Gasteiger partial charge < -0.3 is 10.0 Å². The van der Waals surface area contributed by atoms with Gasteiger partial charge >= 0.3 is 0 Å². The molecule has 0 unspecified atom stereocenters. The smallest absolute Gasteiger partial charge is 0.261 e. The summed E-state index contributed by atoms with van der Waals surface area (Å²) >= 11 is 0. The zero-order valence-electron chi connectivity index (χ0n) is 13.0. The van der Waals surface area contributed by atoms with Gasteiger partial charge in [0.1, 0.15) is 0 Å². The van der Waals surface area contributed by atoms with Crippen molar-refractivity contribution >= 4 is 17.5 Å². The van der Waals surface area contributed by atoms with Crippen LogP contribution in [0.5, 0.6) is 0 Å². The maximum Gasteiger partial charge on any atom is 0.261 e. The van der Waals surface area contributed by atoms with Crippen molar-refractivity contribution in [3.63, 3.8) is 0 Å². The van der Waals surface area contributed by atoms with Crippen LogP contribution in [-0.4, -0.2) is 34.4 Å². The van der Waals surface area contributed by atoms with Crippen molar-refractivity contribution in [3.05, 3.63) is 65.2 Å². The number of hydrogen-bond donors (Lipinski definition) is 1. The highest BCUT2D eigenvalue weighted by Gasteiger charge is 2.59. The maximum absolute atomic E-state index is 13.1. The second-order valence-electron chi connectivity index (χ2n) is 6.59. The topological polar surface area (TPSA) is 60.9 Å². The number of anilines is 1. The Morgan fingerprint density at radius 2 is 1.67 bits per heavy atom. The average Bonchev–Trinajstić information content (AvgIpc) is 3.16. The van der Waals surface area contributed by atoms with Gasteiger partial charge in [0, 0.05) is 17.7 Å². The normalized spacial score (nSPS) is 27.5. The fraction of sp³-hybridized carbons (Fsp3) is 0.263. The van der Waals surface area contributed by atoms with Gasteiger partial charge in [-0.3, -0.25) is 14.5 Å². The third-order valence-corrected chi connectivity index (χ3v) is 5.45. The minimum atomic E-state index is -1.51. The van der Waals surface area contributed by atoms with Crippen molar-refractivity contribution in [1.82, 2.24) is 4.90 Å². The van der Waals surface area contributed by atoms with Crippen molar-refractivity contribution in [2.45, 2.75) is 24.6 Å². The number of aliphatic hydroxyl groups is 1. The van der Waals surface area contributed by atoms with Gasteiger partial charge in [0.25, 0.3) is 11.8 Å². The van der Waals surface area contributed by atoms with Crippen LogP contribution in [0.4, 0.5) is 5.69 Å². The molecule has 3 heterocycles. The number of benzene rings is 2. The number of nitrogens with zero attached hydrogens (tertiary/aromatic N) is 2. The van der Waals surface area contributed by atoms with Crippen molar-refractivity contribution in [2.24, 2.45) is 0 Å². The lowest BCUT2D eigenvalue weighted by Crippen LogP contribution is -2.55. The average molecular weight is 320 g/mol. The van der Waals surface area contributed by atoms with E-state index < -0.39 is 11.8 Å². The first kappa shape index (κ1) is 13.7. The van der Waals surface area contributed by atoms with Crippen LogP contribution in [0.25, 0.3) is 0 Å². The van der Waals surface area contributed by atoms with E-state index >= 15 is 0 Å². The van der Waals surface area contributed by atoms with E-state index in [4.69, 9.17) is 0 Å². The van der Waals surface area contributed by atoms with Crippen LogP contribution in [0, 0.1) is 0 Å². The predicted molar refractivity (Wildman–Crippen MR) is 87.6 cm³/mol. The molecule has 5 nitrogen and oxygen atoms in total. The van der Waals surface area contributed by atoms with Gasteiger partial charge in [-0.1, -0.05) is 30.3 Å². The molecule has 0 aromatic heterocycles. The Morgan fingerprint density at radius 3 is 2.50 bits per heavy atom. The fourth-order valence-electron chi connectivity index (χ4n) is 4.44. The molecule has 0 radical (unpaired) electrons. The van der Waals surface area contributed by atoms with Crippen molar-refractivity contribution in [3.8, 4) is 0 Å². The number of carbonyl (C=O) groups is 2. The molecule has 0 bridgehead atoms. The lowest BCUT2D eigenvalue weighted by molar-refractivity contribution is -0.0228. The molecular weight excluding hydrogens is 304 g/mol. The summed E-state index contributed by atoms with van der Waals surface area (Å²) in [6.07, 6.45) is 1.50. The zero-order chi connectivity index (χ0) is 16.5. The SMILES string of the molecule is O=C1c2ccccc2N2C(=O)c3ccccc3[C@@]2(O)[C@H]2CCCN12. The molecule has 120 valence electrons. The highest BCUT2D eigenvalue weighted by atomic mass is 16.3. The highest BCUT2D eigenvalue weighted by Crippen LogP contribution is 2.49. The van der Waals surface area contributed by atoms with E-state index in [0.717, 1.165) is 6.42 Å². The second-order valence-corrected chi connectivity index (χ2v) is 6.59. The van der Waals surface area contributed by atoms with Crippen LogP contribution in [-0.2, 0) is 5.72 Å². The standard InChI is InChI=1S/C19H16N2O3/c22-17-13-7-2-4-9-15(13)21-18(23)12-6-1-3-8-14(12)19(21,24)16-10-5-11-20(16)17/h1-4,6-9,16,24H,5,10-11H2/t16-,19-/m1/s1. The Kier molecular flexibility index (Phi) is 2.55. The lowest BCUT2D eigenvalue weighted by Gasteiger charge is -2.39. The van der Waals surface area contributed by atoms with E-state index in [0.29, 0.717) is 35.3 Å². The molecular formula is C19H16N2O3. The van der Waals surface area contributed by atoms with Gasteiger partial charge in [0.2, 0.25) is 0 Å². The van der Waals surface area contributed by atoms with E-state index in [1.54, 1.807) is 47.4 Å². The molecule has 5 rings (SSSR count). The third-order valence-electron chi connectivity index (χ3n) is 5.45. The summed E-state index contributed by atoms with van der Waals surface area (Å²) in [4.78, 5) is 29.2. The first-order valence-corrected chi connectivity index (χ1v) is 8.20. The molecule has 3 aliphatic rings. The summed E-state index contributed by atoms with van der Waals surface area (Å²) < 4.78 is 0. The van der Waals surface area contributed by atoms with E-state index in [1.807, 2.05) is 6.07 Å². The predicted octanol–water partition coefficient (Wildman–Crippen LogP) is 2.11. The molecule has 2 amide bonds. The molecule has 2 atom stereocenters. The van der Waals surface area contributed by atoms with Crippen LogP contribution >= 0.6 is 0 Å². The van der Waals surface area contributed by atoms with Crippen molar-refractivity contribution in [2.75, 3.05) is 11.4 Å². The minimum absolute atomic E-state index is 0.110. The first-order valence-electron chi connectivity index (χ1n) is 8.20. The Morgan fingerprint density at radius 1 is 0.958 bits per heavy atom. The van der Waals surface area contributed by atoms with E-state index in [1.165, 1.54) is 4.90 Å². The molecule has 1 N–H and O–H groups in total. The number of para-hydroxylation sites is 1. The largest absolute Gasteiger partial charge is 0.365 e. The molecule has 1 saturated heterocycles. The quantitative estimate of drug-likeness (QED) is 0.809. The number of fused-ring (bicyclic) bond motifs is 7. The Bertz CT molecular complexity index is 894. The number of hydrogen-bond acceptors (Lipinski definition) is 3. The first-order chi connectivity index (χ1) is 11.6. The maximum atomic E-state index is 13.1. The van der Waals surface area contributed by atoms with Crippen LogP contribution in [0.15, 0.2) is 48.5 Å². The number of rotatable bonds is 0. The monoisotopic (exact) mass is 320 g/mol. The number of carbonyl (C=O) groups excluding carboxylic acids is 2. The molecule has 2 aromatic rings. The fourth-order valence-corrected chi connectivity index (χ4v) is 4.44. The molecule has 1 fully saturated rings. The van der Waals surface area contributed by atoms with Crippen molar-refractivity contribution in [1.29, 1.82) is 0 Å². The molecule has 0 aliphatic carbocycles. The van der Waals surface area contributed by atoms with E-state index in [2.05, 4.69) is 0 Å². The van der Waals surface area contributed by atoms with Gasteiger partial charge in [-0.05, 0) is 31.0 Å². The van der Waals surface area contributed by atoms with E-state index in [-0.39, 0.29) is 11.8 Å². The zero-order valence-corrected chi connectivity index (χ0v) is 13.0. The van der Waals surface area contributed by atoms with Crippen LogP contribution in [0.1, 0.15) is 39.1 Å². The minimum Gasteiger partial charge on any atom is -0.365 e. The Balaban J connectivity index is 1.86. The van der Waals surface area contributed by atoms with Crippen LogP contribution < -0.4 is 4.90 Å². The van der Waals surface area contributed by atoms with Gasteiger partial charge in [0.15, 0.2) is 5.72 Å². The van der Waals surface area contributed by atoms with Gasteiger partial charge in [-0.25, -0.2) is 0 Å². The third kappa shape index (κ3) is 1.43. The Hall–Kier alpha value is -2.66. The second kappa shape index (κ2) is 4.45. The molecule has 24 heavy (non-hydrogen) atoms. The van der Waals surface area contributed by atoms with Crippen LogP contribution in [0.2, 0.25) is 0 Å². The van der Waals surface area contributed by atoms with Crippen molar-refractivity contribution < 1.29 is 14.7 Å². The van der Waals surface area contributed by atoms with Gasteiger partial charge in [0.05, 0.1) is 17.3 Å². The molecule has 3 aliphatic heterocycles. The van der Waals surface area contributed by atoms with E-state index in [9.17, 15) is 14.7 Å². The highest BCUT2D eigenvalue weighted by molar-refractivity contribution is 6.15.